The van der Waals surface area contributed by atoms with E-state index in [-0.39, 0.29) is 6.61 Å². The van der Waals surface area contributed by atoms with Crippen LogP contribution in [-0.4, -0.2) is 61.2 Å². The van der Waals surface area contributed by atoms with E-state index in [4.69, 9.17) is 4.74 Å². The van der Waals surface area contributed by atoms with Crippen molar-refractivity contribution in [3.05, 3.63) is 53.6 Å². The van der Waals surface area contributed by atoms with Crippen LogP contribution in [0.1, 0.15) is 17.5 Å². The smallest absolute Gasteiger partial charge is 0.416 e. The number of thioether (sulfide) groups is 1. The van der Waals surface area contributed by atoms with Crippen molar-refractivity contribution >= 4 is 17.4 Å². The molecule has 168 valence electrons. The first-order valence-electron chi connectivity index (χ1n) is 10.6. The summed E-state index contributed by atoms with van der Waals surface area (Å²) in [5.74, 6) is 1.93. The summed E-state index contributed by atoms with van der Waals surface area (Å²) in [5, 5.41) is 10.5. The number of fused-ring (bicyclic) bond motifs is 1. The summed E-state index contributed by atoms with van der Waals surface area (Å²) in [7, 11) is 0. The first kappa shape index (κ1) is 22.3. The maximum Gasteiger partial charge on any atom is 0.416 e. The quantitative estimate of drug-likeness (QED) is 0.707. The standard InChI is InChI=1S/C23H27F3N2O2S/c24-23(25,26)18-6-2-7-19(14-18)28-11-9-27(10-12-28)15-20(29)16-30-21-8-1-4-17-5-3-13-31-22(17)21/h1-2,4,6-8,14,20,29H,3,5,9-13,15-16H2. The summed E-state index contributed by atoms with van der Waals surface area (Å²) in [6.45, 7) is 3.33. The van der Waals surface area contributed by atoms with Crippen molar-refractivity contribution in [1.29, 1.82) is 0 Å². The van der Waals surface area contributed by atoms with E-state index in [1.807, 2.05) is 28.8 Å². The zero-order valence-electron chi connectivity index (χ0n) is 17.3. The van der Waals surface area contributed by atoms with Crippen molar-refractivity contribution in [2.24, 2.45) is 0 Å². The second-order valence-electron chi connectivity index (χ2n) is 8.00. The number of aliphatic hydroxyl groups excluding tert-OH is 1. The van der Waals surface area contributed by atoms with Gasteiger partial charge >= 0.3 is 6.18 Å². The predicted molar refractivity (Wildman–Crippen MR) is 117 cm³/mol. The Balaban J connectivity index is 1.26. The van der Waals surface area contributed by atoms with Gasteiger partial charge in [-0.25, -0.2) is 0 Å². The molecule has 0 aromatic heterocycles. The minimum atomic E-state index is -4.33. The molecule has 1 N–H and O–H groups in total. The molecule has 1 unspecified atom stereocenters. The van der Waals surface area contributed by atoms with Crippen LogP contribution < -0.4 is 9.64 Å². The van der Waals surface area contributed by atoms with Gasteiger partial charge in [0.2, 0.25) is 0 Å². The van der Waals surface area contributed by atoms with Crippen LogP contribution in [-0.2, 0) is 12.6 Å². The molecule has 1 atom stereocenters. The van der Waals surface area contributed by atoms with Gasteiger partial charge in [0.15, 0.2) is 0 Å². The molecule has 0 amide bonds. The van der Waals surface area contributed by atoms with E-state index >= 15 is 0 Å². The summed E-state index contributed by atoms with van der Waals surface area (Å²) < 4.78 is 44.8. The first-order chi connectivity index (χ1) is 14.9. The number of nitrogens with zero attached hydrogens (tertiary/aromatic N) is 2. The van der Waals surface area contributed by atoms with Crippen LogP contribution in [0.4, 0.5) is 18.9 Å². The van der Waals surface area contributed by atoms with Gasteiger partial charge in [-0.3, -0.25) is 4.90 Å². The third kappa shape index (κ3) is 5.67. The summed E-state index contributed by atoms with van der Waals surface area (Å²) in [6, 6.07) is 11.6. The number of rotatable bonds is 6. The Morgan fingerprint density at radius 1 is 1.06 bits per heavy atom. The average molecular weight is 453 g/mol. The molecular weight excluding hydrogens is 425 g/mol. The van der Waals surface area contributed by atoms with E-state index in [9.17, 15) is 18.3 Å². The second-order valence-corrected chi connectivity index (χ2v) is 9.10. The third-order valence-corrected chi connectivity index (χ3v) is 6.95. The van der Waals surface area contributed by atoms with Crippen LogP contribution in [0.2, 0.25) is 0 Å². The first-order valence-corrected chi connectivity index (χ1v) is 11.6. The number of aliphatic hydroxyl groups is 1. The van der Waals surface area contributed by atoms with E-state index in [2.05, 4.69) is 11.0 Å². The number of anilines is 1. The highest BCUT2D eigenvalue weighted by atomic mass is 32.2. The number of hydrogen-bond acceptors (Lipinski definition) is 5. The lowest BCUT2D eigenvalue weighted by Crippen LogP contribution is -2.49. The molecule has 2 aliphatic rings. The number of piperazine rings is 1. The number of β-amino-alcohol motifs (C(OH)–C–C–N with tert-alkyl or cyclic N) is 1. The van der Waals surface area contributed by atoms with Crippen molar-refractivity contribution in [3.8, 4) is 5.75 Å². The predicted octanol–water partition coefficient (Wildman–Crippen LogP) is 4.31. The van der Waals surface area contributed by atoms with Crippen LogP contribution >= 0.6 is 11.8 Å². The minimum absolute atomic E-state index is 0.227. The molecule has 0 aliphatic carbocycles. The third-order valence-electron chi connectivity index (χ3n) is 5.71. The molecule has 2 aliphatic heterocycles. The molecule has 0 bridgehead atoms. The van der Waals surface area contributed by atoms with E-state index < -0.39 is 17.8 Å². The van der Waals surface area contributed by atoms with Crippen LogP contribution in [0.15, 0.2) is 47.4 Å². The molecule has 2 aromatic rings. The van der Waals surface area contributed by atoms with Gasteiger partial charge in [-0.05, 0) is 48.4 Å². The Morgan fingerprint density at radius 2 is 1.84 bits per heavy atom. The fraction of sp³-hybridized carbons (Fsp3) is 0.478. The number of halogens is 3. The Hall–Kier alpha value is -1.90. The number of alkyl halides is 3. The molecule has 8 heteroatoms. The molecule has 0 radical (unpaired) electrons. The molecule has 4 rings (SSSR count). The van der Waals surface area contributed by atoms with Gasteiger partial charge in [0.05, 0.1) is 10.5 Å². The lowest BCUT2D eigenvalue weighted by atomic mass is 10.1. The molecule has 1 saturated heterocycles. The largest absolute Gasteiger partial charge is 0.490 e. The van der Waals surface area contributed by atoms with Crippen LogP contribution in [0.25, 0.3) is 0 Å². The summed E-state index contributed by atoms with van der Waals surface area (Å²) in [6.07, 6.45) is -2.71. The van der Waals surface area contributed by atoms with Gasteiger partial charge in [0.1, 0.15) is 18.5 Å². The average Bonchev–Trinajstić information content (AvgIpc) is 2.78. The van der Waals surface area contributed by atoms with Gasteiger partial charge in [-0.2, -0.15) is 13.2 Å². The van der Waals surface area contributed by atoms with E-state index in [1.54, 1.807) is 6.07 Å². The zero-order valence-corrected chi connectivity index (χ0v) is 18.1. The summed E-state index contributed by atoms with van der Waals surface area (Å²) in [5.41, 5.74) is 1.28. The van der Waals surface area contributed by atoms with Gasteiger partial charge in [0, 0.05) is 38.4 Å². The Kier molecular flexibility index (Phi) is 6.99. The fourth-order valence-electron chi connectivity index (χ4n) is 4.08. The van der Waals surface area contributed by atoms with Gasteiger partial charge in [0.25, 0.3) is 0 Å². The van der Waals surface area contributed by atoms with Gasteiger partial charge < -0.3 is 14.7 Å². The van der Waals surface area contributed by atoms with Crippen molar-refractivity contribution < 1.29 is 23.0 Å². The molecule has 2 heterocycles. The van der Waals surface area contributed by atoms with Gasteiger partial charge in [-0.1, -0.05) is 18.2 Å². The molecule has 1 fully saturated rings. The fourth-order valence-corrected chi connectivity index (χ4v) is 5.19. The minimum Gasteiger partial charge on any atom is -0.490 e. The molecular formula is C23H27F3N2O2S. The topological polar surface area (TPSA) is 35.9 Å². The lowest BCUT2D eigenvalue weighted by molar-refractivity contribution is -0.137. The SMILES string of the molecule is OC(COc1cccc2c1SCCC2)CN1CCN(c2cccc(C(F)(F)F)c2)CC1. The number of hydrogen-bond donors (Lipinski definition) is 1. The Bertz CT molecular complexity index is 885. The summed E-state index contributed by atoms with van der Waals surface area (Å²) in [4.78, 5) is 5.28. The normalized spacial score (nSPS) is 18.5. The van der Waals surface area contributed by atoms with Crippen LogP contribution in [0.3, 0.4) is 0 Å². The van der Waals surface area contributed by atoms with E-state index in [0.29, 0.717) is 38.4 Å². The molecule has 31 heavy (non-hydrogen) atoms. The van der Waals surface area contributed by atoms with Crippen molar-refractivity contribution in [2.75, 3.05) is 50.0 Å². The monoisotopic (exact) mass is 452 g/mol. The molecule has 0 saturated carbocycles. The van der Waals surface area contributed by atoms with E-state index in [1.165, 1.54) is 29.0 Å². The van der Waals surface area contributed by atoms with Crippen LogP contribution in [0, 0.1) is 0 Å². The highest BCUT2D eigenvalue weighted by molar-refractivity contribution is 7.99. The maximum atomic E-state index is 13.0. The summed E-state index contributed by atoms with van der Waals surface area (Å²) >= 11 is 1.81. The molecule has 2 aromatic carbocycles. The lowest BCUT2D eigenvalue weighted by Gasteiger charge is -2.37. The van der Waals surface area contributed by atoms with Crippen molar-refractivity contribution in [3.63, 3.8) is 0 Å². The maximum absolute atomic E-state index is 13.0. The highest BCUT2D eigenvalue weighted by Gasteiger charge is 2.31. The Morgan fingerprint density at radius 3 is 2.61 bits per heavy atom. The molecule has 0 spiro atoms. The number of benzene rings is 2. The van der Waals surface area contributed by atoms with Crippen molar-refractivity contribution in [2.45, 2.75) is 30.0 Å². The zero-order chi connectivity index (χ0) is 21.8. The van der Waals surface area contributed by atoms with Crippen LogP contribution in [0.5, 0.6) is 5.75 Å². The number of aryl methyl sites for hydroxylation is 1. The number of ether oxygens (including phenoxy) is 1. The highest BCUT2D eigenvalue weighted by Crippen LogP contribution is 2.37. The van der Waals surface area contributed by atoms with E-state index in [0.717, 1.165) is 24.0 Å². The Labute approximate surface area is 185 Å². The van der Waals surface area contributed by atoms with Crippen molar-refractivity contribution in [1.82, 2.24) is 4.90 Å². The van der Waals surface area contributed by atoms with Gasteiger partial charge in [-0.15, -0.1) is 11.8 Å². The second kappa shape index (κ2) is 9.71. The molecule has 4 nitrogen and oxygen atoms in total.